The van der Waals surface area contributed by atoms with Gasteiger partial charge in [-0.3, -0.25) is 9.59 Å². The van der Waals surface area contributed by atoms with E-state index in [1.807, 2.05) is 14.1 Å². The highest BCUT2D eigenvalue weighted by Gasteiger charge is 2.26. The van der Waals surface area contributed by atoms with Crippen LogP contribution < -0.4 is 27.6 Å². The number of hydrogen-bond acceptors (Lipinski definition) is 6. The molecule has 0 saturated heterocycles. The Morgan fingerprint density at radius 1 is 1.38 bits per heavy atom. The van der Waals surface area contributed by atoms with Gasteiger partial charge in [-0.15, -0.1) is 0 Å². The standard InChI is InChI=1S/C13H11ClN4O2.C3H8.C2H7N/c14-9-3-1-7(6-19)5-8(9)2-4-10-11(13(16)20)12(15)18-17-10;2*1-3-2/h1,3,5-6,10,17-18H,15H2,(H2,16,20);3H2,1-2H3;3H,1-2H3. The molecule has 1 heterocycles. The second-order valence-corrected chi connectivity index (χ2v) is 5.63. The zero-order chi connectivity index (χ0) is 20.1. The third kappa shape index (κ3) is 7.57. The van der Waals surface area contributed by atoms with Gasteiger partial charge < -0.3 is 22.2 Å². The van der Waals surface area contributed by atoms with Gasteiger partial charge in [-0.1, -0.05) is 49.8 Å². The Balaban J connectivity index is 0.000000918. The normalized spacial score (nSPS) is 14.6. The van der Waals surface area contributed by atoms with E-state index in [2.05, 4.69) is 41.9 Å². The van der Waals surface area contributed by atoms with Crippen LogP contribution in [-0.2, 0) is 4.79 Å². The summed E-state index contributed by atoms with van der Waals surface area (Å²) in [5.41, 5.74) is 17.2. The molecule has 0 radical (unpaired) electrons. The van der Waals surface area contributed by atoms with Crippen LogP contribution in [-0.4, -0.2) is 32.3 Å². The maximum atomic E-state index is 11.3. The summed E-state index contributed by atoms with van der Waals surface area (Å²) in [5.74, 6) is 5.07. The predicted octanol–water partition coefficient (Wildman–Crippen LogP) is 0.888. The number of carbonyl (C=O) groups is 2. The van der Waals surface area contributed by atoms with Crippen molar-refractivity contribution in [2.24, 2.45) is 11.5 Å². The van der Waals surface area contributed by atoms with Crippen molar-refractivity contribution in [2.75, 3.05) is 14.1 Å². The highest BCUT2D eigenvalue weighted by Crippen LogP contribution is 2.16. The van der Waals surface area contributed by atoms with E-state index in [-0.39, 0.29) is 11.4 Å². The summed E-state index contributed by atoms with van der Waals surface area (Å²) in [4.78, 5) is 22.0. The van der Waals surface area contributed by atoms with Gasteiger partial charge in [0.15, 0.2) is 0 Å². The summed E-state index contributed by atoms with van der Waals surface area (Å²) in [6, 6.07) is 4.09. The molecule has 7 N–H and O–H groups in total. The average Bonchev–Trinajstić information content (AvgIpc) is 2.96. The largest absolute Gasteiger partial charge is 0.384 e. The lowest BCUT2D eigenvalue weighted by Crippen LogP contribution is -2.34. The minimum Gasteiger partial charge on any atom is -0.384 e. The van der Waals surface area contributed by atoms with Crippen LogP contribution in [0.5, 0.6) is 0 Å². The van der Waals surface area contributed by atoms with Crippen molar-refractivity contribution in [1.29, 1.82) is 0 Å². The first kappa shape index (κ1) is 23.5. The van der Waals surface area contributed by atoms with E-state index in [0.717, 1.165) is 0 Å². The lowest BCUT2D eigenvalue weighted by Gasteiger charge is -2.03. The van der Waals surface area contributed by atoms with Crippen LogP contribution in [0.15, 0.2) is 29.6 Å². The number of benzene rings is 1. The summed E-state index contributed by atoms with van der Waals surface area (Å²) in [6.07, 6.45) is 1.95. The second-order valence-electron chi connectivity index (χ2n) is 5.23. The number of nitrogens with two attached hydrogens (primary N) is 2. The second kappa shape index (κ2) is 12.8. The molecule has 0 aliphatic carbocycles. The topological polar surface area (TPSA) is 122 Å². The third-order valence-electron chi connectivity index (χ3n) is 2.67. The number of rotatable bonds is 2. The van der Waals surface area contributed by atoms with Crippen LogP contribution in [0.2, 0.25) is 5.02 Å². The molecule has 0 spiro atoms. The summed E-state index contributed by atoms with van der Waals surface area (Å²) >= 11 is 5.98. The Labute approximate surface area is 159 Å². The highest BCUT2D eigenvalue weighted by atomic mass is 35.5. The fourth-order valence-electron chi connectivity index (χ4n) is 1.69. The predicted molar refractivity (Wildman–Crippen MR) is 105 cm³/mol. The number of aldehydes is 1. The van der Waals surface area contributed by atoms with E-state index >= 15 is 0 Å². The maximum Gasteiger partial charge on any atom is 0.250 e. The van der Waals surface area contributed by atoms with Crippen molar-refractivity contribution in [2.45, 2.75) is 26.3 Å². The van der Waals surface area contributed by atoms with Crippen molar-refractivity contribution in [3.05, 3.63) is 45.7 Å². The van der Waals surface area contributed by atoms with Crippen LogP contribution in [0.1, 0.15) is 36.2 Å². The molecule has 0 bridgehead atoms. The smallest absolute Gasteiger partial charge is 0.250 e. The van der Waals surface area contributed by atoms with Crippen LogP contribution in [0.25, 0.3) is 0 Å². The number of nitrogens with one attached hydrogen (secondary N) is 3. The number of primary amides is 1. The van der Waals surface area contributed by atoms with Gasteiger partial charge in [-0.05, 0) is 26.2 Å². The van der Waals surface area contributed by atoms with E-state index in [1.54, 1.807) is 18.2 Å². The van der Waals surface area contributed by atoms with E-state index in [1.165, 1.54) is 6.42 Å². The molecule has 2 rings (SSSR count). The molecule has 0 saturated carbocycles. The fourth-order valence-corrected chi connectivity index (χ4v) is 1.85. The van der Waals surface area contributed by atoms with Crippen LogP contribution >= 0.6 is 11.6 Å². The molecular formula is C18H26ClN5O2. The molecule has 7 nitrogen and oxygen atoms in total. The molecule has 1 aromatic rings. The first-order chi connectivity index (χ1) is 12.4. The Kier molecular flexibility index (Phi) is 11.5. The lowest BCUT2D eigenvalue weighted by atomic mass is 10.1. The van der Waals surface area contributed by atoms with Crippen LogP contribution in [0, 0.1) is 11.8 Å². The van der Waals surface area contributed by atoms with Gasteiger partial charge in [-0.25, -0.2) is 5.43 Å². The van der Waals surface area contributed by atoms with Gasteiger partial charge in [0.25, 0.3) is 5.91 Å². The Morgan fingerprint density at radius 2 is 1.96 bits per heavy atom. The molecule has 0 aromatic heterocycles. The van der Waals surface area contributed by atoms with Crippen molar-refractivity contribution >= 4 is 23.8 Å². The maximum absolute atomic E-state index is 11.3. The highest BCUT2D eigenvalue weighted by molar-refractivity contribution is 6.31. The van der Waals surface area contributed by atoms with Crippen LogP contribution in [0.3, 0.4) is 0 Å². The molecule has 1 amide bonds. The fraction of sp³-hybridized carbons (Fsp3) is 0.333. The molecule has 1 aromatic carbocycles. The molecular weight excluding hydrogens is 354 g/mol. The third-order valence-corrected chi connectivity index (χ3v) is 3.00. The Hall–Kier alpha value is -2.53. The number of carbonyl (C=O) groups excluding carboxylic acids is 2. The number of halogens is 1. The molecule has 1 atom stereocenters. The first-order valence-electron chi connectivity index (χ1n) is 8.01. The van der Waals surface area contributed by atoms with Crippen molar-refractivity contribution < 1.29 is 9.59 Å². The lowest BCUT2D eigenvalue weighted by molar-refractivity contribution is -0.114. The minimum atomic E-state index is -0.660. The molecule has 1 aliphatic rings. The van der Waals surface area contributed by atoms with Crippen molar-refractivity contribution in [3.63, 3.8) is 0 Å². The monoisotopic (exact) mass is 379 g/mol. The summed E-state index contributed by atoms with van der Waals surface area (Å²) in [7, 11) is 3.75. The minimum absolute atomic E-state index is 0.143. The Morgan fingerprint density at radius 3 is 2.46 bits per heavy atom. The van der Waals surface area contributed by atoms with Gasteiger partial charge >= 0.3 is 0 Å². The van der Waals surface area contributed by atoms with Gasteiger partial charge in [-0.2, -0.15) is 0 Å². The van der Waals surface area contributed by atoms with E-state index in [0.29, 0.717) is 22.4 Å². The Bertz CT molecular complexity index is 705. The SMILES string of the molecule is CCC.CNC.NC(=O)C1=C(N)NNC1C#Cc1cc(C=O)ccc1Cl. The van der Waals surface area contributed by atoms with Gasteiger partial charge in [0, 0.05) is 11.1 Å². The molecule has 142 valence electrons. The van der Waals surface area contributed by atoms with E-state index in [4.69, 9.17) is 23.1 Å². The van der Waals surface area contributed by atoms with Crippen molar-refractivity contribution in [1.82, 2.24) is 16.2 Å². The summed E-state index contributed by atoms with van der Waals surface area (Å²) < 4.78 is 0. The first-order valence-corrected chi connectivity index (χ1v) is 8.39. The zero-order valence-electron chi connectivity index (χ0n) is 15.4. The number of hydrazine groups is 1. The van der Waals surface area contributed by atoms with Gasteiger partial charge in [0.05, 0.1) is 10.6 Å². The number of amides is 1. The molecule has 1 aliphatic heterocycles. The molecule has 0 fully saturated rings. The molecule has 26 heavy (non-hydrogen) atoms. The van der Waals surface area contributed by atoms with E-state index < -0.39 is 11.9 Å². The molecule has 8 heteroatoms. The quantitative estimate of drug-likeness (QED) is 0.384. The van der Waals surface area contributed by atoms with E-state index in [9.17, 15) is 9.59 Å². The van der Waals surface area contributed by atoms with Crippen LogP contribution in [0.4, 0.5) is 0 Å². The molecule has 1 unspecified atom stereocenters. The van der Waals surface area contributed by atoms with Gasteiger partial charge in [0.1, 0.15) is 18.1 Å². The van der Waals surface area contributed by atoms with Gasteiger partial charge in [0.2, 0.25) is 0 Å². The summed E-state index contributed by atoms with van der Waals surface area (Å²) in [6.45, 7) is 4.25. The zero-order valence-corrected chi connectivity index (χ0v) is 16.2. The average molecular weight is 380 g/mol. The number of hydrogen-bond donors (Lipinski definition) is 5. The summed E-state index contributed by atoms with van der Waals surface area (Å²) in [5, 5.41) is 3.16. The van der Waals surface area contributed by atoms with Crippen molar-refractivity contribution in [3.8, 4) is 11.8 Å².